The molecule has 0 amide bonds. The summed E-state index contributed by atoms with van der Waals surface area (Å²) in [5.74, 6) is 1.98. The number of unbranched alkanes of at least 4 members (excludes halogenated alkanes) is 2. The Bertz CT molecular complexity index is 358. The third-order valence-corrected chi connectivity index (χ3v) is 3.09. The summed E-state index contributed by atoms with van der Waals surface area (Å²) in [5, 5.41) is 0. The molecule has 98 valence electrons. The topological polar surface area (TPSA) is 43.8 Å². The summed E-state index contributed by atoms with van der Waals surface area (Å²) >= 11 is 0. The molecule has 3 heteroatoms. The minimum Gasteiger partial charge on any atom is -0.384 e. The quantitative estimate of drug-likeness (QED) is 0.796. The van der Waals surface area contributed by atoms with Crippen LogP contribution in [0.15, 0.2) is 0 Å². The number of hydrogen-bond donors (Lipinski definition) is 1. The Hall–Kier alpha value is -0.990. The average molecular weight is 237 g/mol. The van der Waals surface area contributed by atoms with Crippen molar-refractivity contribution in [3.05, 3.63) is 11.5 Å². The van der Waals surface area contributed by atoms with E-state index in [1.165, 1.54) is 19.3 Å². The summed E-state index contributed by atoms with van der Waals surface area (Å²) in [4.78, 5) is 4.76. The maximum atomic E-state index is 6.19. The third kappa shape index (κ3) is 3.24. The molecule has 1 aromatic heterocycles. The molecule has 17 heavy (non-hydrogen) atoms. The second-order valence-electron chi connectivity index (χ2n) is 5.72. The highest BCUT2D eigenvalue weighted by Gasteiger charge is 2.23. The summed E-state index contributed by atoms with van der Waals surface area (Å²) < 4.78 is 2.15. The molecule has 0 radical (unpaired) electrons. The molecule has 1 heterocycles. The molecule has 1 rings (SSSR count). The van der Waals surface area contributed by atoms with Crippen molar-refractivity contribution in [1.82, 2.24) is 9.55 Å². The highest BCUT2D eigenvalue weighted by molar-refractivity contribution is 5.39. The lowest BCUT2D eigenvalue weighted by molar-refractivity contribution is 0.508. The molecule has 3 nitrogen and oxygen atoms in total. The molecule has 0 saturated heterocycles. The van der Waals surface area contributed by atoms with E-state index < -0.39 is 0 Å². The fraction of sp³-hybridized carbons (Fsp3) is 0.786. The minimum atomic E-state index is 0.0626. The molecule has 1 aromatic rings. The summed E-state index contributed by atoms with van der Waals surface area (Å²) in [6.07, 6.45) is 4.69. The number of aromatic nitrogens is 2. The van der Waals surface area contributed by atoms with Crippen LogP contribution in [0.5, 0.6) is 0 Å². The second-order valence-corrected chi connectivity index (χ2v) is 5.72. The lowest BCUT2D eigenvalue weighted by atomic mass is 9.96. The van der Waals surface area contributed by atoms with Crippen molar-refractivity contribution in [3.63, 3.8) is 0 Å². The van der Waals surface area contributed by atoms with Crippen LogP contribution in [-0.4, -0.2) is 9.55 Å². The van der Waals surface area contributed by atoms with E-state index in [0.717, 1.165) is 30.3 Å². The van der Waals surface area contributed by atoms with Gasteiger partial charge in [-0.3, -0.25) is 0 Å². The Kier molecular flexibility index (Phi) is 4.61. The highest BCUT2D eigenvalue weighted by Crippen LogP contribution is 2.26. The van der Waals surface area contributed by atoms with Crippen molar-refractivity contribution in [2.24, 2.45) is 0 Å². The van der Waals surface area contributed by atoms with Gasteiger partial charge in [0.1, 0.15) is 11.6 Å². The van der Waals surface area contributed by atoms with E-state index in [9.17, 15) is 0 Å². The fourth-order valence-corrected chi connectivity index (χ4v) is 2.13. The predicted molar refractivity (Wildman–Crippen MR) is 74.2 cm³/mol. The zero-order valence-corrected chi connectivity index (χ0v) is 12.0. The molecule has 0 bridgehead atoms. The van der Waals surface area contributed by atoms with Crippen molar-refractivity contribution < 1.29 is 0 Å². The summed E-state index contributed by atoms with van der Waals surface area (Å²) in [5.41, 5.74) is 7.34. The van der Waals surface area contributed by atoms with Gasteiger partial charge < -0.3 is 10.3 Å². The van der Waals surface area contributed by atoms with Crippen LogP contribution < -0.4 is 5.73 Å². The first kappa shape index (κ1) is 14.1. The van der Waals surface area contributed by atoms with Gasteiger partial charge in [0.2, 0.25) is 0 Å². The maximum absolute atomic E-state index is 6.19. The number of rotatable bonds is 5. The van der Waals surface area contributed by atoms with E-state index in [1.54, 1.807) is 0 Å². The van der Waals surface area contributed by atoms with Gasteiger partial charge in [0.25, 0.3) is 0 Å². The van der Waals surface area contributed by atoms with Gasteiger partial charge in [-0.25, -0.2) is 4.98 Å². The van der Waals surface area contributed by atoms with Gasteiger partial charge in [0.15, 0.2) is 0 Å². The fourth-order valence-electron chi connectivity index (χ4n) is 2.13. The van der Waals surface area contributed by atoms with Crippen LogP contribution in [-0.2, 0) is 18.4 Å². The molecule has 0 spiro atoms. The predicted octanol–water partition coefficient (Wildman–Crippen LogP) is 3.52. The molecule has 0 fully saturated rings. The lowest BCUT2D eigenvalue weighted by Crippen LogP contribution is -2.19. The molecule has 2 N–H and O–H groups in total. The highest BCUT2D eigenvalue weighted by atomic mass is 15.1. The van der Waals surface area contributed by atoms with Crippen LogP contribution >= 0.6 is 0 Å². The van der Waals surface area contributed by atoms with E-state index in [0.29, 0.717) is 0 Å². The van der Waals surface area contributed by atoms with E-state index in [4.69, 9.17) is 10.7 Å². The minimum absolute atomic E-state index is 0.0626. The Balaban J connectivity index is 2.97. The largest absolute Gasteiger partial charge is 0.384 e. The maximum Gasteiger partial charge on any atom is 0.126 e. The van der Waals surface area contributed by atoms with E-state index in [1.807, 2.05) is 0 Å². The normalized spacial score (nSPS) is 12.1. The second kappa shape index (κ2) is 5.56. The summed E-state index contributed by atoms with van der Waals surface area (Å²) in [6.45, 7) is 11.8. The number of nitrogens with two attached hydrogens (primary N) is 1. The average Bonchev–Trinajstić information content (AvgIpc) is 2.56. The first-order valence-corrected chi connectivity index (χ1v) is 6.77. The van der Waals surface area contributed by atoms with Crippen LogP contribution in [0.25, 0.3) is 0 Å². The zero-order chi connectivity index (χ0) is 13.1. The number of anilines is 1. The number of aryl methyl sites for hydroxylation is 1. The van der Waals surface area contributed by atoms with Crippen LogP contribution in [0.1, 0.15) is 65.4 Å². The number of hydrogen-bond acceptors (Lipinski definition) is 2. The summed E-state index contributed by atoms with van der Waals surface area (Å²) in [6, 6.07) is 0. The molecule has 0 aliphatic carbocycles. The van der Waals surface area contributed by atoms with E-state index in [-0.39, 0.29) is 5.41 Å². The van der Waals surface area contributed by atoms with Gasteiger partial charge in [-0.05, 0) is 19.8 Å². The van der Waals surface area contributed by atoms with Crippen LogP contribution in [0, 0.1) is 0 Å². The zero-order valence-electron chi connectivity index (χ0n) is 12.0. The van der Waals surface area contributed by atoms with Gasteiger partial charge in [-0.1, -0.05) is 40.5 Å². The smallest absolute Gasteiger partial charge is 0.126 e. The van der Waals surface area contributed by atoms with Crippen molar-refractivity contribution >= 4 is 5.82 Å². The van der Waals surface area contributed by atoms with Gasteiger partial charge in [-0.15, -0.1) is 0 Å². The first-order chi connectivity index (χ1) is 7.91. The molecular formula is C14H27N3. The molecule has 0 aromatic carbocycles. The first-order valence-electron chi connectivity index (χ1n) is 6.77. The number of nitrogen functional groups attached to an aromatic ring is 1. The van der Waals surface area contributed by atoms with Crippen molar-refractivity contribution in [3.8, 4) is 0 Å². The Morgan fingerprint density at radius 2 is 1.82 bits per heavy atom. The lowest BCUT2D eigenvalue weighted by Gasteiger charge is -2.19. The number of nitrogens with zero attached hydrogens (tertiary/aromatic N) is 2. The molecule has 0 atom stereocenters. The Morgan fingerprint density at radius 1 is 1.18 bits per heavy atom. The molecule has 0 aliphatic heterocycles. The van der Waals surface area contributed by atoms with Gasteiger partial charge >= 0.3 is 0 Å². The number of imidazole rings is 1. The SMILES string of the molecule is CCCCCc1nc(C(C)(C)C)n(CC)c1N. The monoisotopic (exact) mass is 237 g/mol. The van der Waals surface area contributed by atoms with E-state index in [2.05, 4.69) is 39.2 Å². The molecule has 0 aliphatic rings. The van der Waals surface area contributed by atoms with Gasteiger partial charge in [0.05, 0.1) is 5.69 Å². The summed E-state index contributed by atoms with van der Waals surface area (Å²) in [7, 11) is 0. The van der Waals surface area contributed by atoms with Crippen molar-refractivity contribution in [2.75, 3.05) is 5.73 Å². The third-order valence-electron chi connectivity index (χ3n) is 3.09. The van der Waals surface area contributed by atoms with Gasteiger partial charge in [-0.2, -0.15) is 0 Å². The molecule has 0 saturated carbocycles. The van der Waals surface area contributed by atoms with Crippen molar-refractivity contribution in [1.29, 1.82) is 0 Å². The Labute approximate surface area is 105 Å². The van der Waals surface area contributed by atoms with Crippen molar-refractivity contribution in [2.45, 2.75) is 72.3 Å². The van der Waals surface area contributed by atoms with Crippen LogP contribution in [0.3, 0.4) is 0 Å². The Morgan fingerprint density at radius 3 is 2.24 bits per heavy atom. The molecular weight excluding hydrogens is 210 g/mol. The van der Waals surface area contributed by atoms with E-state index >= 15 is 0 Å². The molecule has 0 unspecified atom stereocenters. The standard InChI is InChI=1S/C14H27N3/c1-6-8-9-10-11-12(15)17(7-2)13(16-11)14(3,4)5/h6-10,15H2,1-5H3. The van der Waals surface area contributed by atoms with Crippen LogP contribution in [0.4, 0.5) is 5.82 Å². The van der Waals surface area contributed by atoms with Crippen LogP contribution in [0.2, 0.25) is 0 Å². The van der Waals surface area contributed by atoms with Gasteiger partial charge in [0, 0.05) is 12.0 Å².